The first kappa shape index (κ1) is 33.3. The van der Waals surface area contributed by atoms with E-state index >= 15 is 0 Å². The Morgan fingerprint density at radius 1 is 0.711 bits per heavy atom. The zero-order valence-corrected chi connectivity index (χ0v) is 27.4. The molecule has 2 heterocycles. The van der Waals surface area contributed by atoms with Crippen molar-refractivity contribution >= 4 is 24.2 Å². The van der Waals surface area contributed by atoms with Gasteiger partial charge in [-0.25, -0.2) is 4.98 Å². The summed E-state index contributed by atoms with van der Waals surface area (Å²) in [5.41, 5.74) is 4.61. The molecule has 1 aromatic heterocycles. The van der Waals surface area contributed by atoms with Crippen molar-refractivity contribution < 1.29 is 28.4 Å². The number of hydrogen-bond acceptors (Lipinski definition) is 10. The molecule has 0 amide bonds. The molecular weight excluding hydrogens is 596 g/mol. The lowest BCUT2D eigenvalue weighted by Gasteiger charge is -2.38. The van der Waals surface area contributed by atoms with Gasteiger partial charge >= 0.3 is 0 Å². The number of halogens is 1. The van der Waals surface area contributed by atoms with Crippen molar-refractivity contribution in [2.24, 2.45) is 0 Å². The van der Waals surface area contributed by atoms with Crippen molar-refractivity contribution in [1.29, 1.82) is 0 Å². The molecule has 0 spiro atoms. The van der Waals surface area contributed by atoms with E-state index in [9.17, 15) is 0 Å². The third kappa shape index (κ3) is 7.39. The van der Waals surface area contributed by atoms with Gasteiger partial charge in [-0.2, -0.15) is 4.98 Å². The van der Waals surface area contributed by atoms with E-state index in [4.69, 9.17) is 38.4 Å². The number of nitrogens with one attached hydrogen (secondary N) is 1. The molecule has 0 bridgehead atoms. The molecule has 240 valence electrons. The van der Waals surface area contributed by atoms with Gasteiger partial charge in [0.15, 0.2) is 34.5 Å². The summed E-state index contributed by atoms with van der Waals surface area (Å²) in [6.07, 6.45) is 4.11. The second kappa shape index (κ2) is 15.4. The van der Waals surface area contributed by atoms with Gasteiger partial charge in [0.25, 0.3) is 0 Å². The number of anilines is 2. The van der Waals surface area contributed by atoms with E-state index in [1.807, 2.05) is 36.4 Å². The van der Waals surface area contributed by atoms with Crippen LogP contribution < -0.4 is 38.6 Å². The Bertz CT molecular complexity index is 1590. The maximum atomic E-state index is 5.70. The molecule has 0 radical (unpaired) electrons. The molecule has 0 saturated carbocycles. The topological polar surface area (TPSA) is 96.4 Å². The Morgan fingerprint density at radius 2 is 1.29 bits per heavy atom. The first-order chi connectivity index (χ1) is 21.5. The van der Waals surface area contributed by atoms with Gasteiger partial charge in [0.05, 0.1) is 48.7 Å². The summed E-state index contributed by atoms with van der Waals surface area (Å²) in [5.74, 6) is 5.65. The van der Waals surface area contributed by atoms with E-state index in [2.05, 4.69) is 28.4 Å². The second-order valence-corrected chi connectivity index (χ2v) is 10.4. The van der Waals surface area contributed by atoms with Crippen LogP contribution in [0, 0.1) is 0 Å². The average Bonchev–Trinajstić information content (AvgIpc) is 3.07. The molecule has 1 aliphatic heterocycles. The zero-order chi connectivity index (χ0) is 31.1. The van der Waals surface area contributed by atoms with Gasteiger partial charge in [0.1, 0.15) is 5.82 Å². The van der Waals surface area contributed by atoms with E-state index in [-0.39, 0.29) is 18.4 Å². The molecule has 1 aliphatic rings. The summed E-state index contributed by atoms with van der Waals surface area (Å²) in [6, 6.07) is 18.0. The molecule has 5 rings (SSSR count). The van der Waals surface area contributed by atoms with Crippen LogP contribution in [0.5, 0.6) is 34.5 Å². The lowest BCUT2D eigenvalue weighted by Crippen LogP contribution is -2.38. The van der Waals surface area contributed by atoms with Gasteiger partial charge in [0.2, 0.25) is 5.95 Å². The van der Waals surface area contributed by atoms with Crippen molar-refractivity contribution in [3.8, 4) is 34.5 Å². The van der Waals surface area contributed by atoms with Crippen LogP contribution in [0.2, 0.25) is 0 Å². The van der Waals surface area contributed by atoms with Gasteiger partial charge in [-0.3, -0.25) is 0 Å². The summed E-state index contributed by atoms with van der Waals surface area (Å²) in [4.78, 5) is 11.9. The van der Waals surface area contributed by atoms with Crippen LogP contribution >= 0.6 is 12.4 Å². The third-order valence-corrected chi connectivity index (χ3v) is 7.95. The largest absolute Gasteiger partial charge is 0.493 e. The molecule has 1 unspecified atom stereocenters. The Hall–Kier alpha value is -4.57. The van der Waals surface area contributed by atoms with Crippen molar-refractivity contribution in [1.82, 2.24) is 9.97 Å². The van der Waals surface area contributed by atoms with Crippen molar-refractivity contribution in [3.63, 3.8) is 0 Å². The van der Waals surface area contributed by atoms with E-state index in [0.717, 1.165) is 53.4 Å². The van der Waals surface area contributed by atoms with E-state index in [1.165, 1.54) is 5.56 Å². The molecule has 3 aromatic carbocycles. The molecule has 4 aromatic rings. The Kier molecular flexibility index (Phi) is 11.4. The van der Waals surface area contributed by atoms with E-state index in [0.29, 0.717) is 41.9 Å². The fourth-order valence-corrected chi connectivity index (χ4v) is 5.67. The minimum atomic E-state index is -0.0568. The molecule has 10 nitrogen and oxygen atoms in total. The number of benzene rings is 3. The van der Waals surface area contributed by atoms with Crippen molar-refractivity contribution in [3.05, 3.63) is 83.0 Å². The second-order valence-electron chi connectivity index (χ2n) is 10.4. The quantitative estimate of drug-likeness (QED) is 0.190. The molecule has 1 N–H and O–H groups in total. The number of aromatic nitrogens is 2. The van der Waals surface area contributed by atoms with Crippen LogP contribution in [0.15, 0.2) is 60.8 Å². The van der Waals surface area contributed by atoms with Crippen LogP contribution in [0.3, 0.4) is 0 Å². The summed E-state index contributed by atoms with van der Waals surface area (Å²) in [5, 5.41) is 3.47. The third-order valence-electron chi connectivity index (χ3n) is 7.95. The highest BCUT2D eigenvalue weighted by molar-refractivity contribution is 5.85. The molecule has 0 fully saturated rings. The van der Waals surface area contributed by atoms with E-state index in [1.54, 1.807) is 48.9 Å². The van der Waals surface area contributed by atoms with Crippen LogP contribution in [-0.2, 0) is 19.3 Å². The van der Waals surface area contributed by atoms with Gasteiger partial charge in [-0.05, 0) is 84.0 Å². The van der Waals surface area contributed by atoms with Crippen molar-refractivity contribution in [2.75, 3.05) is 66.0 Å². The highest BCUT2D eigenvalue weighted by Crippen LogP contribution is 2.41. The Morgan fingerprint density at radius 3 is 1.93 bits per heavy atom. The lowest BCUT2D eigenvalue weighted by molar-refractivity contribution is 0.352. The molecule has 0 saturated heterocycles. The molecule has 45 heavy (non-hydrogen) atoms. The van der Waals surface area contributed by atoms with Crippen LogP contribution in [0.25, 0.3) is 0 Å². The molecule has 0 aliphatic carbocycles. The molecule has 11 heteroatoms. The predicted octanol–water partition coefficient (Wildman–Crippen LogP) is 5.95. The summed E-state index contributed by atoms with van der Waals surface area (Å²) < 4.78 is 33.2. The first-order valence-electron chi connectivity index (χ1n) is 14.5. The minimum Gasteiger partial charge on any atom is -0.493 e. The predicted molar refractivity (Wildman–Crippen MR) is 178 cm³/mol. The SMILES string of the molecule is COc1ccc(CCNc2ccnc(N3CCc4cc(OC)c(OC)cc4C3Cc3ccc(OC)c(OC)c3)n2)cc1OC.Cl. The molecular formula is C34H41ClN4O6. The first-order valence-corrected chi connectivity index (χ1v) is 14.5. The number of fused-ring (bicyclic) bond motifs is 1. The van der Waals surface area contributed by atoms with Gasteiger partial charge in [0, 0.05) is 19.3 Å². The summed E-state index contributed by atoms with van der Waals surface area (Å²) >= 11 is 0. The fraction of sp³-hybridized carbons (Fsp3) is 0.353. The number of hydrogen-bond donors (Lipinski definition) is 1. The number of methoxy groups -OCH3 is 6. The smallest absolute Gasteiger partial charge is 0.227 e. The highest BCUT2D eigenvalue weighted by atomic mass is 35.5. The Balaban J connectivity index is 0.00000461. The summed E-state index contributed by atoms with van der Waals surface area (Å²) in [7, 11) is 9.90. The minimum absolute atomic E-state index is 0. The van der Waals surface area contributed by atoms with Crippen LogP contribution in [0.4, 0.5) is 11.8 Å². The van der Waals surface area contributed by atoms with Crippen molar-refractivity contribution in [2.45, 2.75) is 25.3 Å². The fourth-order valence-electron chi connectivity index (χ4n) is 5.67. The number of nitrogens with zero attached hydrogens (tertiary/aromatic N) is 3. The lowest BCUT2D eigenvalue weighted by atomic mass is 9.88. The maximum Gasteiger partial charge on any atom is 0.227 e. The van der Waals surface area contributed by atoms with Gasteiger partial charge in [-0.1, -0.05) is 12.1 Å². The van der Waals surface area contributed by atoms with Gasteiger partial charge < -0.3 is 38.6 Å². The normalized spacial score (nSPS) is 13.6. The average molecular weight is 637 g/mol. The number of rotatable bonds is 13. The highest BCUT2D eigenvalue weighted by Gasteiger charge is 2.31. The maximum absolute atomic E-state index is 5.70. The number of ether oxygens (including phenoxy) is 6. The summed E-state index contributed by atoms with van der Waals surface area (Å²) in [6.45, 7) is 1.44. The van der Waals surface area contributed by atoms with Crippen LogP contribution in [0.1, 0.15) is 28.3 Å². The standard InChI is InChI=1S/C34H40N4O6.ClH/c1-39-27-9-7-22(18-29(27)41-3)11-14-35-33-12-15-36-34(37-33)38-16-13-24-20-31(43-5)32(44-6)21-25(24)26(38)17-23-8-10-28(40-2)30(19-23)42-4;/h7-10,12,15,18-21,26H,11,13-14,16-17H2,1-6H3,(H,35,36,37);1H. The van der Waals surface area contributed by atoms with Crippen LogP contribution in [-0.4, -0.2) is 65.7 Å². The zero-order valence-electron chi connectivity index (χ0n) is 26.6. The van der Waals surface area contributed by atoms with E-state index < -0.39 is 0 Å². The molecule has 1 atom stereocenters. The van der Waals surface area contributed by atoms with Gasteiger partial charge in [-0.15, -0.1) is 12.4 Å². The monoisotopic (exact) mass is 636 g/mol. The Labute approximate surface area is 271 Å².